The molecule has 1 N–H and O–H groups in total. The minimum absolute atomic E-state index is 0.0619. The van der Waals surface area contributed by atoms with Crippen LogP contribution in [-0.2, 0) is 20.0 Å². The summed E-state index contributed by atoms with van der Waals surface area (Å²) in [7, 11) is -7.51. The van der Waals surface area contributed by atoms with Gasteiger partial charge in [-0.1, -0.05) is 17.7 Å². The van der Waals surface area contributed by atoms with Crippen LogP contribution in [0.1, 0.15) is 5.56 Å². The van der Waals surface area contributed by atoms with Crippen LogP contribution in [0.3, 0.4) is 0 Å². The zero-order valence-corrected chi connectivity index (χ0v) is 13.5. The maximum Gasteiger partial charge on any atom is 0.295 e. The molecular formula is C14H14O6S2. The van der Waals surface area contributed by atoms with Gasteiger partial charge in [0.1, 0.15) is 10.6 Å². The Morgan fingerprint density at radius 2 is 1.50 bits per heavy atom. The number of hydrogen-bond acceptors (Lipinski definition) is 5. The summed E-state index contributed by atoms with van der Waals surface area (Å²) in [6.07, 6.45) is 0. The van der Waals surface area contributed by atoms with Crippen molar-refractivity contribution in [3.05, 3.63) is 48.0 Å². The third kappa shape index (κ3) is 3.13. The van der Waals surface area contributed by atoms with E-state index in [0.717, 1.165) is 17.7 Å². The monoisotopic (exact) mass is 342 g/mol. The van der Waals surface area contributed by atoms with Gasteiger partial charge >= 0.3 is 0 Å². The normalized spacial score (nSPS) is 12.1. The van der Waals surface area contributed by atoms with Crippen LogP contribution in [-0.4, -0.2) is 28.5 Å². The molecule has 0 radical (unpaired) electrons. The van der Waals surface area contributed by atoms with Crippen LogP contribution >= 0.6 is 0 Å². The fourth-order valence-electron chi connectivity index (χ4n) is 1.88. The van der Waals surface area contributed by atoms with E-state index in [1.807, 2.05) is 0 Å². The molecule has 0 saturated heterocycles. The highest BCUT2D eigenvalue weighted by Gasteiger charge is 2.27. The minimum Gasteiger partial charge on any atom is -0.497 e. The molecule has 0 spiro atoms. The average Bonchev–Trinajstić information content (AvgIpc) is 2.46. The minimum atomic E-state index is -4.72. The second kappa shape index (κ2) is 5.71. The van der Waals surface area contributed by atoms with Crippen LogP contribution in [0.4, 0.5) is 0 Å². The van der Waals surface area contributed by atoms with E-state index in [1.54, 1.807) is 19.1 Å². The highest BCUT2D eigenvalue weighted by atomic mass is 32.2. The van der Waals surface area contributed by atoms with Gasteiger partial charge in [0.05, 0.1) is 16.9 Å². The Hall–Kier alpha value is -1.90. The molecule has 22 heavy (non-hydrogen) atoms. The Morgan fingerprint density at radius 3 is 2.00 bits per heavy atom. The highest BCUT2D eigenvalue weighted by molar-refractivity contribution is 7.92. The summed E-state index contributed by atoms with van der Waals surface area (Å²) < 4.78 is 62.3. The van der Waals surface area contributed by atoms with Crippen molar-refractivity contribution < 1.29 is 26.1 Å². The summed E-state index contributed by atoms with van der Waals surface area (Å²) in [5.41, 5.74) is 0.865. The van der Waals surface area contributed by atoms with Crippen LogP contribution in [0.2, 0.25) is 0 Å². The summed E-state index contributed by atoms with van der Waals surface area (Å²) in [5.74, 6) is 0.121. The molecule has 0 bridgehead atoms. The molecule has 2 rings (SSSR count). The number of sulfone groups is 1. The molecule has 8 heteroatoms. The highest BCUT2D eigenvalue weighted by Crippen LogP contribution is 2.30. The summed E-state index contributed by atoms with van der Waals surface area (Å²) >= 11 is 0. The van der Waals surface area contributed by atoms with E-state index in [9.17, 15) is 21.4 Å². The lowest BCUT2D eigenvalue weighted by Gasteiger charge is -2.10. The molecule has 0 unspecified atom stereocenters. The summed E-state index contributed by atoms with van der Waals surface area (Å²) in [5, 5.41) is 0. The average molecular weight is 342 g/mol. The largest absolute Gasteiger partial charge is 0.497 e. The predicted molar refractivity (Wildman–Crippen MR) is 79.4 cm³/mol. The third-order valence-electron chi connectivity index (χ3n) is 3.05. The maximum absolute atomic E-state index is 12.6. The zero-order chi connectivity index (χ0) is 16.5. The van der Waals surface area contributed by atoms with Gasteiger partial charge < -0.3 is 4.74 Å². The topological polar surface area (TPSA) is 97.7 Å². The Morgan fingerprint density at radius 1 is 0.909 bits per heavy atom. The summed E-state index contributed by atoms with van der Waals surface area (Å²) in [6.45, 7) is 1.80. The first-order valence-electron chi connectivity index (χ1n) is 6.13. The molecule has 6 nitrogen and oxygen atoms in total. The molecular weight excluding hydrogens is 328 g/mol. The molecule has 0 aliphatic rings. The van der Waals surface area contributed by atoms with E-state index in [-0.39, 0.29) is 10.6 Å². The second-order valence-electron chi connectivity index (χ2n) is 4.60. The van der Waals surface area contributed by atoms with Crippen molar-refractivity contribution in [3.8, 4) is 5.75 Å². The van der Waals surface area contributed by atoms with Gasteiger partial charge in [0.2, 0.25) is 9.84 Å². The lowest BCUT2D eigenvalue weighted by Crippen LogP contribution is -2.10. The number of ether oxygens (including phenoxy) is 1. The van der Waals surface area contributed by atoms with Gasteiger partial charge in [-0.15, -0.1) is 0 Å². The van der Waals surface area contributed by atoms with Crippen LogP contribution in [0.5, 0.6) is 5.75 Å². The third-order valence-corrected chi connectivity index (χ3v) is 5.90. The first-order chi connectivity index (χ1) is 10.2. The number of rotatable bonds is 4. The Labute approximate surface area is 129 Å². The molecule has 0 aliphatic heterocycles. The molecule has 0 saturated carbocycles. The zero-order valence-electron chi connectivity index (χ0n) is 11.8. The Kier molecular flexibility index (Phi) is 4.28. The van der Waals surface area contributed by atoms with Gasteiger partial charge in [-0.2, -0.15) is 8.42 Å². The van der Waals surface area contributed by atoms with Crippen molar-refractivity contribution in [1.82, 2.24) is 0 Å². The van der Waals surface area contributed by atoms with Crippen molar-refractivity contribution in [2.75, 3.05) is 7.11 Å². The molecule has 0 heterocycles. The Bertz CT molecular complexity index is 897. The first-order valence-corrected chi connectivity index (χ1v) is 9.06. The van der Waals surface area contributed by atoms with Crippen molar-refractivity contribution in [2.24, 2.45) is 0 Å². The second-order valence-corrected chi connectivity index (χ2v) is 7.91. The lowest BCUT2D eigenvalue weighted by atomic mass is 10.2. The smallest absolute Gasteiger partial charge is 0.295 e. The van der Waals surface area contributed by atoms with Gasteiger partial charge in [-0.3, -0.25) is 4.55 Å². The van der Waals surface area contributed by atoms with Crippen LogP contribution in [0, 0.1) is 6.92 Å². The maximum atomic E-state index is 12.6. The molecule has 118 valence electrons. The van der Waals surface area contributed by atoms with Gasteiger partial charge in [0.15, 0.2) is 0 Å². The summed E-state index contributed by atoms with van der Waals surface area (Å²) in [6, 6.07) is 9.34. The van der Waals surface area contributed by atoms with E-state index < -0.39 is 29.7 Å². The fourth-order valence-corrected chi connectivity index (χ4v) is 4.44. The quantitative estimate of drug-likeness (QED) is 0.854. The van der Waals surface area contributed by atoms with Gasteiger partial charge in [0, 0.05) is 6.07 Å². The number of aryl methyl sites for hydroxylation is 1. The van der Waals surface area contributed by atoms with E-state index in [1.165, 1.54) is 25.3 Å². The Balaban J connectivity index is 2.73. The molecule has 0 aromatic heterocycles. The molecule has 0 amide bonds. The van der Waals surface area contributed by atoms with Crippen molar-refractivity contribution >= 4 is 20.0 Å². The van der Waals surface area contributed by atoms with E-state index >= 15 is 0 Å². The van der Waals surface area contributed by atoms with E-state index in [4.69, 9.17) is 4.74 Å². The molecule has 2 aromatic carbocycles. The molecule has 0 fully saturated rings. The van der Waals surface area contributed by atoms with E-state index in [2.05, 4.69) is 0 Å². The van der Waals surface area contributed by atoms with Gasteiger partial charge in [0.25, 0.3) is 10.1 Å². The van der Waals surface area contributed by atoms with E-state index in [0.29, 0.717) is 0 Å². The van der Waals surface area contributed by atoms with Crippen molar-refractivity contribution in [2.45, 2.75) is 21.6 Å². The number of benzene rings is 2. The SMILES string of the molecule is COc1ccc(S(=O)(=O)c2ccc(C)cc2)c(S(=O)(=O)O)c1. The first kappa shape index (κ1) is 16.5. The fraction of sp³-hybridized carbons (Fsp3) is 0.143. The van der Waals surface area contributed by atoms with Crippen LogP contribution in [0.15, 0.2) is 57.2 Å². The number of hydrogen-bond donors (Lipinski definition) is 1. The summed E-state index contributed by atoms with van der Waals surface area (Å²) in [4.78, 5) is -1.28. The molecule has 0 aliphatic carbocycles. The van der Waals surface area contributed by atoms with Crippen molar-refractivity contribution in [3.63, 3.8) is 0 Å². The van der Waals surface area contributed by atoms with Crippen molar-refractivity contribution in [1.29, 1.82) is 0 Å². The van der Waals surface area contributed by atoms with Gasteiger partial charge in [-0.25, -0.2) is 8.42 Å². The molecule has 2 aromatic rings. The molecule has 0 atom stereocenters. The number of methoxy groups -OCH3 is 1. The van der Waals surface area contributed by atoms with Crippen LogP contribution in [0.25, 0.3) is 0 Å². The standard InChI is InChI=1S/C14H14O6S2/c1-10-3-6-12(7-4-10)21(15,16)13-8-5-11(20-2)9-14(13)22(17,18)19/h3-9H,1-2H3,(H,17,18,19). The van der Waals surface area contributed by atoms with Crippen LogP contribution < -0.4 is 4.74 Å². The van der Waals surface area contributed by atoms with Gasteiger partial charge in [-0.05, 0) is 31.2 Å². The lowest BCUT2D eigenvalue weighted by molar-refractivity contribution is 0.411. The predicted octanol–water partition coefficient (Wildman–Crippen LogP) is 2.08.